The van der Waals surface area contributed by atoms with Crippen molar-refractivity contribution in [1.29, 1.82) is 0 Å². The summed E-state index contributed by atoms with van der Waals surface area (Å²) >= 11 is 0.910. The van der Waals surface area contributed by atoms with E-state index in [9.17, 15) is 9.59 Å². The molecule has 2 aromatic carbocycles. The number of carbonyl (C=O) groups excluding carboxylic acids is 2. The summed E-state index contributed by atoms with van der Waals surface area (Å²) in [5.41, 5.74) is 1.25. The Labute approximate surface area is 162 Å². The molecule has 27 heavy (non-hydrogen) atoms. The highest BCUT2D eigenvalue weighted by atomic mass is 32.2. The molecule has 2 aromatic rings. The lowest BCUT2D eigenvalue weighted by Crippen LogP contribution is -2.27. The molecule has 0 unspecified atom stereocenters. The van der Waals surface area contributed by atoms with Gasteiger partial charge < -0.3 is 9.47 Å². The van der Waals surface area contributed by atoms with Crippen LogP contribution in [0.4, 0.5) is 10.5 Å². The van der Waals surface area contributed by atoms with Crippen molar-refractivity contribution in [3.63, 3.8) is 0 Å². The second kappa shape index (κ2) is 8.60. The maximum absolute atomic E-state index is 12.8. The third kappa shape index (κ3) is 4.23. The van der Waals surface area contributed by atoms with Crippen molar-refractivity contribution >= 4 is 34.7 Å². The molecule has 5 nitrogen and oxygen atoms in total. The van der Waals surface area contributed by atoms with Gasteiger partial charge in [0.25, 0.3) is 11.1 Å². The number of hydrogen-bond acceptors (Lipinski definition) is 5. The van der Waals surface area contributed by atoms with E-state index < -0.39 is 0 Å². The molecule has 0 aromatic heterocycles. The summed E-state index contributed by atoms with van der Waals surface area (Å²) in [6.07, 6.45) is 3.33. The predicted molar refractivity (Wildman–Crippen MR) is 108 cm³/mol. The summed E-state index contributed by atoms with van der Waals surface area (Å²) < 4.78 is 11.0. The lowest BCUT2D eigenvalue weighted by atomic mass is 10.2. The molecule has 1 fully saturated rings. The van der Waals surface area contributed by atoms with E-state index in [2.05, 4.69) is 6.58 Å². The Hall–Kier alpha value is -2.99. The van der Waals surface area contributed by atoms with Crippen molar-refractivity contribution in [3.05, 3.63) is 71.7 Å². The number of para-hydroxylation sites is 1. The lowest BCUT2D eigenvalue weighted by Gasteiger charge is -2.13. The molecule has 1 saturated heterocycles. The van der Waals surface area contributed by atoms with Gasteiger partial charge in [0.1, 0.15) is 18.1 Å². The van der Waals surface area contributed by atoms with Crippen LogP contribution in [0.5, 0.6) is 11.5 Å². The predicted octanol–water partition coefficient (Wildman–Crippen LogP) is 4.89. The van der Waals surface area contributed by atoms with Gasteiger partial charge >= 0.3 is 0 Å². The number of nitrogens with zero attached hydrogens (tertiary/aromatic N) is 1. The fraction of sp³-hybridized carbons (Fsp3) is 0.143. The standard InChI is InChI=1S/C21H19NO4S/c1-3-13-26-18-8-6-5-7-15(18)14-19-20(23)22(21(24)27-19)16-9-11-17(12-10-16)25-4-2/h3,5-12,14H,1,4,13H2,2H3/b19-14-. The van der Waals surface area contributed by atoms with E-state index in [1.807, 2.05) is 31.2 Å². The molecule has 1 aliphatic heterocycles. The fourth-order valence-electron chi connectivity index (χ4n) is 2.57. The van der Waals surface area contributed by atoms with Gasteiger partial charge in [-0.25, -0.2) is 4.90 Å². The van der Waals surface area contributed by atoms with Gasteiger partial charge in [-0.3, -0.25) is 9.59 Å². The van der Waals surface area contributed by atoms with Crippen molar-refractivity contribution < 1.29 is 19.1 Å². The normalized spacial score (nSPS) is 15.3. The Morgan fingerprint density at radius 2 is 1.81 bits per heavy atom. The Bertz CT molecular complexity index is 889. The molecule has 0 aliphatic carbocycles. The van der Waals surface area contributed by atoms with Crippen molar-refractivity contribution in [3.8, 4) is 11.5 Å². The van der Waals surface area contributed by atoms with E-state index in [0.717, 1.165) is 17.3 Å². The minimum absolute atomic E-state index is 0.333. The molecule has 0 bridgehead atoms. The first-order valence-electron chi connectivity index (χ1n) is 8.47. The van der Waals surface area contributed by atoms with Crippen LogP contribution >= 0.6 is 11.8 Å². The van der Waals surface area contributed by atoms with E-state index in [1.165, 1.54) is 4.90 Å². The zero-order chi connectivity index (χ0) is 19.2. The molecule has 0 saturated carbocycles. The molecule has 1 aliphatic rings. The third-order valence-corrected chi connectivity index (χ3v) is 4.63. The fourth-order valence-corrected chi connectivity index (χ4v) is 3.40. The quantitative estimate of drug-likeness (QED) is 0.505. The highest BCUT2D eigenvalue weighted by Crippen LogP contribution is 2.37. The van der Waals surface area contributed by atoms with Crippen LogP contribution < -0.4 is 14.4 Å². The van der Waals surface area contributed by atoms with Crippen LogP contribution in [0.3, 0.4) is 0 Å². The zero-order valence-corrected chi connectivity index (χ0v) is 15.7. The van der Waals surface area contributed by atoms with Gasteiger partial charge in [-0.1, -0.05) is 30.9 Å². The van der Waals surface area contributed by atoms with Crippen molar-refractivity contribution in [2.24, 2.45) is 0 Å². The van der Waals surface area contributed by atoms with Crippen LogP contribution in [0.2, 0.25) is 0 Å². The molecule has 0 N–H and O–H groups in total. The van der Waals surface area contributed by atoms with Gasteiger partial charge in [0.05, 0.1) is 17.2 Å². The van der Waals surface area contributed by atoms with E-state index in [1.54, 1.807) is 36.4 Å². The highest BCUT2D eigenvalue weighted by Gasteiger charge is 2.36. The number of thioether (sulfide) groups is 1. The summed E-state index contributed by atoms with van der Waals surface area (Å²) in [4.78, 5) is 26.7. The molecular formula is C21H19NO4S. The molecule has 6 heteroatoms. The summed E-state index contributed by atoms with van der Waals surface area (Å²) in [7, 11) is 0. The first kappa shape index (κ1) is 18.8. The van der Waals surface area contributed by atoms with Gasteiger partial charge in [0.15, 0.2) is 0 Å². The zero-order valence-electron chi connectivity index (χ0n) is 14.9. The molecule has 138 valence electrons. The van der Waals surface area contributed by atoms with Gasteiger partial charge in [-0.05, 0) is 55.1 Å². The second-order valence-electron chi connectivity index (χ2n) is 5.58. The molecule has 0 radical (unpaired) electrons. The highest BCUT2D eigenvalue weighted by molar-refractivity contribution is 8.19. The van der Waals surface area contributed by atoms with E-state index in [-0.39, 0.29) is 11.1 Å². The summed E-state index contributed by atoms with van der Waals surface area (Å²) in [6, 6.07) is 14.2. The monoisotopic (exact) mass is 381 g/mol. The summed E-state index contributed by atoms with van der Waals surface area (Å²) in [5, 5.41) is -0.333. The number of anilines is 1. The maximum Gasteiger partial charge on any atom is 0.298 e. The second-order valence-corrected chi connectivity index (χ2v) is 6.57. The first-order valence-corrected chi connectivity index (χ1v) is 9.29. The SMILES string of the molecule is C=CCOc1ccccc1/C=C1\SC(=O)N(c2ccc(OCC)cc2)C1=O. The van der Waals surface area contributed by atoms with Crippen LogP contribution in [0.25, 0.3) is 6.08 Å². The summed E-state index contributed by atoms with van der Waals surface area (Å²) in [5.74, 6) is 0.968. The van der Waals surface area contributed by atoms with E-state index in [4.69, 9.17) is 9.47 Å². The number of benzene rings is 2. The van der Waals surface area contributed by atoms with Crippen LogP contribution in [0, 0.1) is 0 Å². The number of ether oxygens (including phenoxy) is 2. The van der Waals surface area contributed by atoms with Crippen molar-refractivity contribution in [2.75, 3.05) is 18.1 Å². The van der Waals surface area contributed by atoms with Crippen molar-refractivity contribution in [1.82, 2.24) is 0 Å². The van der Waals surface area contributed by atoms with Gasteiger partial charge in [-0.2, -0.15) is 0 Å². The molecule has 0 atom stereocenters. The number of carbonyl (C=O) groups is 2. The Kier molecular flexibility index (Phi) is 5.98. The molecule has 1 heterocycles. The average molecular weight is 381 g/mol. The Morgan fingerprint density at radius 1 is 1.07 bits per heavy atom. The topological polar surface area (TPSA) is 55.8 Å². The van der Waals surface area contributed by atoms with E-state index in [0.29, 0.717) is 35.3 Å². The molecule has 0 spiro atoms. The number of hydrogen-bond donors (Lipinski definition) is 0. The van der Waals surface area contributed by atoms with Crippen LogP contribution in [0.15, 0.2) is 66.1 Å². The number of amides is 2. The van der Waals surface area contributed by atoms with E-state index >= 15 is 0 Å². The Morgan fingerprint density at radius 3 is 2.52 bits per heavy atom. The Balaban J connectivity index is 1.86. The van der Waals surface area contributed by atoms with Gasteiger partial charge in [0.2, 0.25) is 0 Å². The van der Waals surface area contributed by atoms with Gasteiger partial charge in [-0.15, -0.1) is 0 Å². The third-order valence-electron chi connectivity index (χ3n) is 3.76. The smallest absolute Gasteiger partial charge is 0.298 e. The van der Waals surface area contributed by atoms with Crippen LogP contribution in [-0.4, -0.2) is 24.4 Å². The minimum atomic E-state index is -0.354. The lowest BCUT2D eigenvalue weighted by molar-refractivity contribution is -0.113. The average Bonchev–Trinajstić information content (AvgIpc) is 2.95. The molecular weight excluding hydrogens is 362 g/mol. The first-order chi connectivity index (χ1) is 13.1. The van der Waals surface area contributed by atoms with Gasteiger partial charge in [0, 0.05) is 5.56 Å². The number of imide groups is 1. The van der Waals surface area contributed by atoms with Crippen molar-refractivity contribution in [2.45, 2.75) is 6.92 Å². The van der Waals surface area contributed by atoms with Crippen LogP contribution in [0.1, 0.15) is 12.5 Å². The largest absolute Gasteiger partial charge is 0.494 e. The summed E-state index contributed by atoms with van der Waals surface area (Å²) in [6.45, 7) is 6.44. The minimum Gasteiger partial charge on any atom is -0.494 e. The molecule has 2 amide bonds. The number of rotatable bonds is 7. The maximum atomic E-state index is 12.8. The molecule has 3 rings (SSSR count). The van der Waals surface area contributed by atoms with Crippen LogP contribution in [-0.2, 0) is 4.79 Å².